The van der Waals surface area contributed by atoms with E-state index in [1.165, 1.54) is 30.6 Å². The van der Waals surface area contributed by atoms with Crippen LogP contribution in [-0.2, 0) is 11.0 Å². The molecule has 12 heteroatoms. The third kappa shape index (κ3) is 3.71. The van der Waals surface area contributed by atoms with Crippen LogP contribution < -0.4 is 10.5 Å². The molecule has 1 fully saturated rings. The Morgan fingerprint density at radius 1 is 1.14 bits per heavy atom. The van der Waals surface area contributed by atoms with E-state index in [2.05, 4.69) is 29.6 Å². The monoisotopic (exact) mass is 511 g/mol. The molecule has 178 valence electrons. The summed E-state index contributed by atoms with van der Waals surface area (Å²) in [6.07, 6.45) is 7.89. The Morgan fingerprint density at radius 2 is 1.94 bits per heavy atom. The molecular weight excluding hydrogens is 493 g/mol. The molecule has 1 saturated carbocycles. The highest BCUT2D eigenvalue weighted by molar-refractivity contribution is 7.86. The maximum absolute atomic E-state index is 15.2. The Morgan fingerprint density at radius 3 is 2.74 bits per heavy atom. The van der Waals surface area contributed by atoms with Gasteiger partial charge in [-0.25, -0.2) is 23.2 Å². The first-order chi connectivity index (χ1) is 17.0. The number of fused-ring (bicyclic) bond motifs is 2. The molecule has 1 aliphatic rings. The van der Waals surface area contributed by atoms with E-state index in [1.54, 1.807) is 6.07 Å². The highest BCUT2D eigenvalue weighted by Crippen LogP contribution is 2.39. The molecular formula is C23H19ClFN7O2S. The van der Waals surface area contributed by atoms with Crippen LogP contribution in [-0.4, -0.2) is 29.1 Å². The molecule has 3 heterocycles. The molecule has 5 aromatic rings. The first-order valence-corrected chi connectivity index (χ1v) is 12.5. The number of nitrogens with two attached hydrogens (primary N) is 1. The molecule has 3 N–H and O–H groups in total. The van der Waals surface area contributed by atoms with E-state index in [9.17, 15) is 4.21 Å². The number of halogens is 2. The third-order valence-electron chi connectivity index (χ3n) is 6.37. The van der Waals surface area contributed by atoms with Crippen molar-refractivity contribution in [2.24, 2.45) is 0 Å². The van der Waals surface area contributed by atoms with Crippen molar-refractivity contribution in [3.05, 3.63) is 53.7 Å². The predicted octanol–water partition coefficient (Wildman–Crippen LogP) is 5.26. The summed E-state index contributed by atoms with van der Waals surface area (Å²) < 4.78 is 37.7. The molecule has 35 heavy (non-hydrogen) atoms. The van der Waals surface area contributed by atoms with Gasteiger partial charge in [-0.1, -0.05) is 30.5 Å². The first kappa shape index (κ1) is 21.9. The summed E-state index contributed by atoms with van der Waals surface area (Å²) in [5.74, 6) is -0.227. The van der Waals surface area contributed by atoms with Crippen molar-refractivity contribution in [3.63, 3.8) is 0 Å². The first-order valence-electron chi connectivity index (χ1n) is 11.0. The van der Waals surface area contributed by atoms with Gasteiger partial charge in [-0.15, -0.1) is 0 Å². The Bertz CT molecular complexity index is 1610. The Balaban J connectivity index is 1.36. The Labute approximate surface area is 206 Å². The molecule has 1 atom stereocenters. The van der Waals surface area contributed by atoms with Gasteiger partial charge in [0.1, 0.15) is 23.6 Å². The van der Waals surface area contributed by atoms with Gasteiger partial charge in [0.2, 0.25) is 0 Å². The van der Waals surface area contributed by atoms with Gasteiger partial charge in [0.15, 0.2) is 22.0 Å². The van der Waals surface area contributed by atoms with Crippen LogP contribution in [0.4, 0.5) is 15.9 Å². The average Bonchev–Trinajstić information content (AvgIpc) is 3.60. The largest absolute Gasteiger partial charge is 0.383 e. The number of hydrogen-bond donors (Lipinski definition) is 2. The Kier molecular flexibility index (Phi) is 5.37. The number of anilines is 2. The summed E-state index contributed by atoms with van der Waals surface area (Å²) >= 11 is 6.07. The number of nitrogens with zero attached hydrogens (tertiary/aromatic N) is 5. The summed E-state index contributed by atoms with van der Waals surface area (Å²) in [5, 5.41) is 8.50. The van der Waals surface area contributed by atoms with Gasteiger partial charge in [-0.3, -0.25) is 4.72 Å². The smallest absolute Gasteiger partial charge is 0.155 e. The molecule has 3 aromatic heterocycles. The van der Waals surface area contributed by atoms with Crippen molar-refractivity contribution in [3.8, 4) is 11.1 Å². The minimum absolute atomic E-state index is 0.0652. The van der Waals surface area contributed by atoms with E-state index in [4.69, 9.17) is 22.0 Å². The normalized spacial score (nSPS) is 15.3. The maximum atomic E-state index is 15.2. The fourth-order valence-corrected chi connectivity index (χ4v) is 5.83. The number of nitrogen functional groups attached to an aromatic ring is 1. The topological polar surface area (TPSA) is 125 Å². The van der Waals surface area contributed by atoms with Crippen molar-refractivity contribution >= 4 is 56.2 Å². The molecule has 1 aliphatic carbocycles. The molecule has 0 amide bonds. The zero-order valence-corrected chi connectivity index (χ0v) is 19.8. The summed E-state index contributed by atoms with van der Waals surface area (Å²) in [7, 11) is -1.84. The van der Waals surface area contributed by atoms with E-state index < -0.39 is 16.8 Å². The lowest BCUT2D eigenvalue weighted by Crippen LogP contribution is -2.07. The van der Waals surface area contributed by atoms with E-state index in [0.29, 0.717) is 27.8 Å². The van der Waals surface area contributed by atoms with Gasteiger partial charge in [0, 0.05) is 17.8 Å². The summed E-state index contributed by atoms with van der Waals surface area (Å²) in [5.41, 5.74) is 8.93. The highest BCUT2D eigenvalue weighted by Gasteiger charge is 2.23. The number of rotatable bonds is 5. The summed E-state index contributed by atoms with van der Waals surface area (Å²) in [4.78, 5) is 8.90. The van der Waals surface area contributed by atoms with E-state index in [1.807, 2.05) is 6.20 Å². The SMILES string of the molecule is Nc1ncnc2c1c(-c1ccc(NS(=O)c3ccc(Cl)c4nonc34)c(F)c1)cn2C1CCCC1. The summed E-state index contributed by atoms with van der Waals surface area (Å²) in [6.45, 7) is 0. The lowest BCUT2D eigenvalue weighted by Gasteiger charge is -2.12. The maximum Gasteiger partial charge on any atom is 0.155 e. The summed E-state index contributed by atoms with van der Waals surface area (Å²) in [6, 6.07) is 8.07. The van der Waals surface area contributed by atoms with E-state index >= 15 is 4.39 Å². The molecule has 0 aliphatic heterocycles. The zero-order chi connectivity index (χ0) is 24.1. The van der Waals surface area contributed by atoms with Crippen molar-refractivity contribution in [2.75, 3.05) is 10.5 Å². The molecule has 6 rings (SSSR count). The molecule has 9 nitrogen and oxygen atoms in total. The van der Waals surface area contributed by atoms with Crippen LogP contribution in [0.2, 0.25) is 5.02 Å². The second-order valence-corrected chi connectivity index (χ2v) is 10.0. The fraction of sp³-hybridized carbons (Fsp3) is 0.217. The van der Waals surface area contributed by atoms with Gasteiger partial charge in [-0.2, -0.15) is 0 Å². The number of hydrogen-bond acceptors (Lipinski definition) is 7. The van der Waals surface area contributed by atoms with Gasteiger partial charge in [-0.05, 0) is 53.0 Å². The van der Waals surface area contributed by atoms with Crippen LogP contribution in [0.15, 0.2) is 52.4 Å². The number of nitrogens with one attached hydrogen (secondary N) is 1. The van der Waals surface area contributed by atoms with Crippen LogP contribution >= 0.6 is 11.6 Å². The lowest BCUT2D eigenvalue weighted by molar-refractivity contribution is 0.315. The zero-order valence-electron chi connectivity index (χ0n) is 18.2. The molecule has 0 saturated heterocycles. The van der Waals surface area contributed by atoms with Crippen molar-refractivity contribution < 1.29 is 13.2 Å². The van der Waals surface area contributed by atoms with Crippen molar-refractivity contribution in [1.82, 2.24) is 24.8 Å². The lowest BCUT2D eigenvalue weighted by atomic mass is 10.1. The average molecular weight is 512 g/mol. The molecule has 0 bridgehead atoms. The van der Waals surface area contributed by atoms with E-state index in [0.717, 1.165) is 36.9 Å². The third-order valence-corrected chi connectivity index (χ3v) is 7.81. The van der Waals surface area contributed by atoms with Gasteiger partial charge >= 0.3 is 0 Å². The van der Waals surface area contributed by atoms with E-state index in [-0.39, 0.29) is 21.6 Å². The van der Waals surface area contributed by atoms with Crippen molar-refractivity contribution in [2.45, 2.75) is 36.6 Å². The molecule has 2 aromatic carbocycles. The van der Waals surface area contributed by atoms with Crippen molar-refractivity contribution in [1.29, 1.82) is 0 Å². The predicted molar refractivity (Wildman–Crippen MR) is 132 cm³/mol. The second-order valence-electron chi connectivity index (χ2n) is 8.42. The van der Waals surface area contributed by atoms with Gasteiger partial charge < -0.3 is 10.3 Å². The highest BCUT2D eigenvalue weighted by atomic mass is 35.5. The van der Waals surface area contributed by atoms with Crippen LogP contribution in [0.3, 0.4) is 0 Å². The van der Waals surface area contributed by atoms with Crippen LogP contribution in [0.5, 0.6) is 0 Å². The van der Waals surface area contributed by atoms with Gasteiger partial charge in [0.25, 0.3) is 0 Å². The minimum atomic E-state index is -1.84. The van der Waals surface area contributed by atoms with Gasteiger partial charge in [0.05, 0.1) is 21.0 Å². The fourth-order valence-electron chi connectivity index (χ4n) is 4.67. The van der Waals surface area contributed by atoms with Crippen LogP contribution in [0, 0.1) is 5.82 Å². The van der Waals surface area contributed by atoms with Crippen LogP contribution in [0.25, 0.3) is 33.2 Å². The standard InChI is InChI=1S/C23H19ClFN7O2S/c24-15-6-8-18(21-20(15)29-34-30-21)35(33)31-17-7-5-12(9-16(17)25)14-10-32(13-3-1-2-4-13)23-19(14)22(26)27-11-28-23/h5-11,13,31H,1-4H2,(H2,26,27,28). The molecule has 0 spiro atoms. The Hall–Kier alpha value is -3.57. The quantitative estimate of drug-likeness (QED) is 0.329. The molecule has 1 unspecified atom stereocenters. The minimum Gasteiger partial charge on any atom is -0.383 e. The second kappa shape index (κ2) is 8.58. The number of aromatic nitrogens is 5. The van der Waals surface area contributed by atoms with Crippen LogP contribution in [0.1, 0.15) is 31.7 Å². The molecule has 0 radical (unpaired) electrons. The number of benzene rings is 2.